The van der Waals surface area contributed by atoms with Crippen LogP contribution in [0.2, 0.25) is 0 Å². The molecule has 0 aliphatic carbocycles. The van der Waals surface area contributed by atoms with Gasteiger partial charge < -0.3 is 4.42 Å². The van der Waals surface area contributed by atoms with E-state index < -0.39 is 0 Å². The van der Waals surface area contributed by atoms with Crippen LogP contribution < -0.4 is 0 Å². The van der Waals surface area contributed by atoms with E-state index in [1.165, 1.54) is 12.1 Å². The molecular formula is C11H9FO. The Morgan fingerprint density at radius 1 is 1.08 bits per heavy atom. The largest absolute Gasteiger partial charge is 0.469 e. The molecule has 2 aromatic rings. The molecule has 0 saturated carbocycles. The average molecular weight is 176 g/mol. The van der Waals surface area contributed by atoms with Crippen molar-refractivity contribution in [3.8, 4) is 0 Å². The van der Waals surface area contributed by atoms with Crippen LogP contribution in [0.15, 0.2) is 47.1 Å². The molecule has 0 unspecified atom stereocenters. The number of rotatable bonds is 2. The first kappa shape index (κ1) is 8.05. The molecule has 1 nitrogen and oxygen atoms in total. The van der Waals surface area contributed by atoms with E-state index >= 15 is 0 Å². The zero-order valence-electron chi connectivity index (χ0n) is 7.03. The van der Waals surface area contributed by atoms with E-state index in [1.807, 2.05) is 12.1 Å². The minimum atomic E-state index is -0.205. The van der Waals surface area contributed by atoms with E-state index in [9.17, 15) is 4.39 Å². The van der Waals surface area contributed by atoms with Gasteiger partial charge in [-0.1, -0.05) is 12.1 Å². The summed E-state index contributed by atoms with van der Waals surface area (Å²) in [6.07, 6.45) is 2.35. The highest BCUT2D eigenvalue weighted by Gasteiger charge is 1.98. The van der Waals surface area contributed by atoms with E-state index in [-0.39, 0.29) is 5.82 Å². The second kappa shape index (κ2) is 3.44. The topological polar surface area (TPSA) is 13.1 Å². The third-order valence-corrected chi connectivity index (χ3v) is 1.87. The molecule has 1 aromatic carbocycles. The van der Waals surface area contributed by atoms with Gasteiger partial charge in [-0.3, -0.25) is 0 Å². The van der Waals surface area contributed by atoms with Crippen LogP contribution in [0, 0.1) is 5.82 Å². The van der Waals surface area contributed by atoms with Crippen LogP contribution in [0.1, 0.15) is 11.3 Å². The van der Waals surface area contributed by atoms with Crippen molar-refractivity contribution < 1.29 is 8.81 Å². The third kappa shape index (κ3) is 1.96. The van der Waals surface area contributed by atoms with Gasteiger partial charge >= 0.3 is 0 Å². The fraction of sp³-hybridized carbons (Fsp3) is 0.0909. The zero-order valence-corrected chi connectivity index (χ0v) is 7.03. The van der Waals surface area contributed by atoms with Crippen molar-refractivity contribution >= 4 is 0 Å². The lowest BCUT2D eigenvalue weighted by Crippen LogP contribution is -1.85. The smallest absolute Gasteiger partial charge is 0.123 e. The quantitative estimate of drug-likeness (QED) is 0.685. The van der Waals surface area contributed by atoms with Crippen molar-refractivity contribution in [2.45, 2.75) is 6.42 Å². The van der Waals surface area contributed by atoms with Crippen LogP contribution in [0.25, 0.3) is 0 Å². The molecule has 0 fully saturated rings. The van der Waals surface area contributed by atoms with Crippen LogP contribution >= 0.6 is 0 Å². The molecule has 0 spiro atoms. The third-order valence-electron chi connectivity index (χ3n) is 1.87. The number of hydrogen-bond acceptors (Lipinski definition) is 1. The van der Waals surface area contributed by atoms with E-state index in [0.29, 0.717) is 6.42 Å². The van der Waals surface area contributed by atoms with Crippen molar-refractivity contribution in [1.29, 1.82) is 0 Å². The van der Waals surface area contributed by atoms with Crippen LogP contribution in [-0.4, -0.2) is 0 Å². The Hall–Kier alpha value is -1.57. The Labute approximate surface area is 75.8 Å². The van der Waals surface area contributed by atoms with E-state index in [1.54, 1.807) is 18.4 Å². The maximum absolute atomic E-state index is 12.5. The fourth-order valence-corrected chi connectivity index (χ4v) is 1.22. The summed E-state index contributed by atoms with van der Waals surface area (Å²) in [4.78, 5) is 0. The summed E-state index contributed by atoms with van der Waals surface area (Å²) in [5, 5.41) is 0. The predicted molar refractivity (Wildman–Crippen MR) is 47.9 cm³/mol. The lowest BCUT2D eigenvalue weighted by molar-refractivity contribution is 0.520. The molecule has 0 atom stereocenters. The van der Waals surface area contributed by atoms with E-state index in [4.69, 9.17) is 4.42 Å². The molecule has 0 radical (unpaired) electrons. The van der Waals surface area contributed by atoms with Gasteiger partial charge in [-0.25, -0.2) is 4.39 Å². The summed E-state index contributed by atoms with van der Waals surface area (Å²) >= 11 is 0. The van der Waals surface area contributed by atoms with Crippen molar-refractivity contribution in [1.82, 2.24) is 0 Å². The number of benzene rings is 1. The lowest BCUT2D eigenvalue weighted by Gasteiger charge is -1.96. The Kier molecular flexibility index (Phi) is 2.13. The number of halogens is 1. The summed E-state index contributed by atoms with van der Waals surface area (Å²) in [5.41, 5.74) is 1.05. The van der Waals surface area contributed by atoms with Gasteiger partial charge in [0.15, 0.2) is 0 Å². The van der Waals surface area contributed by atoms with Gasteiger partial charge in [-0.15, -0.1) is 0 Å². The SMILES string of the molecule is Fc1ccc(Cc2ccco2)cc1. The van der Waals surface area contributed by atoms with Crippen LogP contribution in [0.3, 0.4) is 0 Å². The number of hydrogen-bond donors (Lipinski definition) is 0. The first-order chi connectivity index (χ1) is 6.34. The first-order valence-corrected chi connectivity index (χ1v) is 4.11. The monoisotopic (exact) mass is 176 g/mol. The molecule has 0 amide bonds. The van der Waals surface area contributed by atoms with Crippen LogP contribution in [-0.2, 0) is 6.42 Å². The zero-order chi connectivity index (χ0) is 9.10. The van der Waals surface area contributed by atoms with Crippen molar-refractivity contribution in [3.05, 3.63) is 59.8 Å². The lowest BCUT2D eigenvalue weighted by atomic mass is 10.1. The molecule has 2 rings (SSSR count). The van der Waals surface area contributed by atoms with Gasteiger partial charge in [0.05, 0.1) is 6.26 Å². The molecule has 0 saturated heterocycles. The minimum absolute atomic E-state index is 0.205. The normalized spacial score (nSPS) is 10.2. The van der Waals surface area contributed by atoms with Crippen LogP contribution in [0.4, 0.5) is 4.39 Å². The second-order valence-electron chi connectivity index (χ2n) is 2.88. The van der Waals surface area contributed by atoms with Crippen molar-refractivity contribution in [2.24, 2.45) is 0 Å². The Morgan fingerprint density at radius 3 is 2.46 bits per heavy atom. The average Bonchev–Trinajstić information content (AvgIpc) is 2.62. The van der Waals surface area contributed by atoms with Gasteiger partial charge in [-0.05, 0) is 29.8 Å². The molecule has 0 aliphatic rings. The highest BCUT2D eigenvalue weighted by molar-refractivity contribution is 5.20. The Morgan fingerprint density at radius 2 is 1.85 bits per heavy atom. The molecule has 13 heavy (non-hydrogen) atoms. The first-order valence-electron chi connectivity index (χ1n) is 4.11. The standard InChI is InChI=1S/C11H9FO/c12-10-5-3-9(4-6-10)8-11-2-1-7-13-11/h1-7H,8H2. The van der Waals surface area contributed by atoms with Gasteiger partial charge in [-0.2, -0.15) is 0 Å². The Balaban J connectivity index is 2.15. The predicted octanol–water partition coefficient (Wildman–Crippen LogP) is 3.01. The fourth-order valence-electron chi connectivity index (χ4n) is 1.22. The Bertz CT molecular complexity index is 361. The van der Waals surface area contributed by atoms with Crippen molar-refractivity contribution in [3.63, 3.8) is 0 Å². The molecule has 66 valence electrons. The van der Waals surface area contributed by atoms with Crippen LogP contribution in [0.5, 0.6) is 0 Å². The molecule has 0 aliphatic heterocycles. The van der Waals surface area contributed by atoms with E-state index in [2.05, 4.69) is 0 Å². The molecule has 2 heteroatoms. The maximum atomic E-state index is 12.5. The summed E-state index contributed by atoms with van der Waals surface area (Å²) in [6, 6.07) is 10.2. The molecule has 0 N–H and O–H groups in total. The van der Waals surface area contributed by atoms with E-state index in [0.717, 1.165) is 11.3 Å². The summed E-state index contributed by atoms with van der Waals surface area (Å²) in [5.74, 6) is 0.690. The highest BCUT2D eigenvalue weighted by Crippen LogP contribution is 2.10. The maximum Gasteiger partial charge on any atom is 0.123 e. The van der Waals surface area contributed by atoms with Gasteiger partial charge in [0.1, 0.15) is 11.6 Å². The van der Waals surface area contributed by atoms with Gasteiger partial charge in [0, 0.05) is 6.42 Å². The summed E-state index contributed by atoms with van der Waals surface area (Å²) in [6.45, 7) is 0. The summed E-state index contributed by atoms with van der Waals surface area (Å²) in [7, 11) is 0. The number of furan rings is 1. The molecular weight excluding hydrogens is 167 g/mol. The van der Waals surface area contributed by atoms with Crippen molar-refractivity contribution in [2.75, 3.05) is 0 Å². The highest BCUT2D eigenvalue weighted by atomic mass is 19.1. The van der Waals surface area contributed by atoms with Gasteiger partial charge in [0.2, 0.25) is 0 Å². The second-order valence-corrected chi connectivity index (χ2v) is 2.88. The molecule has 1 heterocycles. The van der Waals surface area contributed by atoms with Gasteiger partial charge in [0.25, 0.3) is 0 Å². The minimum Gasteiger partial charge on any atom is -0.469 e. The molecule has 0 bridgehead atoms. The summed E-state index contributed by atoms with van der Waals surface area (Å²) < 4.78 is 17.7. The molecule has 1 aromatic heterocycles.